The van der Waals surface area contributed by atoms with Gasteiger partial charge in [0.05, 0.1) is 11.0 Å². The Bertz CT molecular complexity index is 979. The molecule has 0 aromatic heterocycles. The predicted molar refractivity (Wildman–Crippen MR) is 99.1 cm³/mol. The summed E-state index contributed by atoms with van der Waals surface area (Å²) in [5, 5.41) is 26.0. The summed E-state index contributed by atoms with van der Waals surface area (Å²) >= 11 is 0. The van der Waals surface area contributed by atoms with Crippen LogP contribution in [0.5, 0.6) is 0 Å². The fourth-order valence-electron chi connectivity index (χ4n) is 2.89. The number of nitro groups is 1. The van der Waals surface area contributed by atoms with E-state index in [1.807, 2.05) is 42.5 Å². The van der Waals surface area contributed by atoms with Crippen LogP contribution in [0.4, 0.5) is 5.69 Å². The Morgan fingerprint density at radius 2 is 1.88 bits per heavy atom. The number of benzene rings is 3. The van der Waals surface area contributed by atoms with Crippen LogP contribution in [0.3, 0.4) is 0 Å². The molecule has 0 fully saturated rings. The fraction of sp³-hybridized carbons (Fsp3) is 0.150. The molecule has 1 amide bonds. The highest BCUT2D eigenvalue weighted by Crippen LogP contribution is 2.24. The van der Waals surface area contributed by atoms with Crippen molar-refractivity contribution in [2.75, 3.05) is 6.54 Å². The van der Waals surface area contributed by atoms with E-state index in [1.165, 1.54) is 18.2 Å². The molecular formula is C20H18N2O4. The van der Waals surface area contributed by atoms with Gasteiger partial charge in [0, 0.05) is 23.7 Å². The van der Waals surface area contributed by atoms with Crippen LogP contribution in [0, 0.1) is 17.0 Å². The summed E-state index contributed by atoms with van der Waals surface area (Å²) in [4.78, 5) is 22.8. The number of nitrogens with one attached hydrogen (secondary N) is 1. The molecule has 1 unspecified atom stereocenters. The summed E-state index contributed by atoms with van der Waals surface area (Å²) in [6, 6.07) is 17.6. The van der Waals surface area contributed by atoms with Crippen LogP contribution in [0.15, 0.2) is 60.7 Å². The number of aliphatic hydroxyl groups is 1. The van der Waals surface area contributed by atoms with E-state index in [9.17, 15) is 20.0 Å². The lowest BCUT2D eigenvalue weighted by atomic mass is 10.0. The monoisotopic (exact) mass is 350 g/mol. The van der Waals surface area contributed by atoms with E-state index in [-0.39, 0.29) is 17.8 Å². The van der Waals surface area contributed by atoms with Crippen molar-refractivity contribution >= 4 is 22.4 Å². The van der Waals surface area contributed by atoms with Crippen LogP contribution in [-0.2, 0) is 0 Å². The molecule has 3 aromatic rings. The number of hydrogen-bond donors (Lipinski definition) is 2. The molecule has 0 saturated carbocycles. The van der Waals surface area contributed by atoms with Crippen molar-refractivity contribution in [2.24, 2.45) is 0 Å². The van der Waals surface area contributed by atoms with E-state index >= 15 is 0 Å². The van der Waals surface area contributed by atoms with Crippen molar-refractivity contribution in [3.63, 3.8) is 0 Å². The van der Waals surface area contributed by atoms with E-state index in [2.05, 4.69) is 5.32 Å². The first-order valence-corrected chi connectivity index (χ1v) is 8.16. The Kier molecular flexibility index (Phi) is 4.95. The molecule has 0 spiro atoms. The molecule has 3 aromatic carbocycles. The van der Waals surface area contributed by atoms with E-state index in [1.54, 1.807) is 6.92 Å². The number of hydrogen-bond acceptors (Lipinski definition) is 4. The zero-order valence-corrected chi connectivity index (χ0v) is 14.2. The van der Waals surface area contributed by atoms with Gasteiger partial charge in [0.15, 0.2) is 0 Å². The summed E-state index contributed by atoms with van der Waals surface area (Å²) in [6.07, 6.45) is -0.884. The zero-order valence-electron chi connectivity index (χ0n) is 14.2. The van der Waals surface area contributed by atoms with Gasteiger partial charge in [0.1, 0.15) is 0 Å². The van der Waals surface area contributed by atoms with Crippen LogP contribution in [0.1, 0.15) is 27.6 Å². The molecule has 0 radical (unpaired) electrons. The molecule has 132 valence electrons. The number of carbonyl (C=O) groups excluding carboxylic acids is 1. The number of nitrogens with zero attached hydrogens (tertiary/aromatic N) is 1. The second kappa shape index (κ2) is 7.33. The molecule has 0 heterocycles. The molecule has 3 rings (SSSR count). The fourth-order valence-corrected chi connectivity index (χ4v) is 2.89. The highest BCUT2D eigenvalue weighted by Gasteiger charge is 2.17. The molecule has 1 atom stereocenters. The lowest BCUT2D eigenvalue weighted by Gasteiger charge is -2.15. The molecule has 0 aliphatic carbocycles. The van der Waals surface area contributed by atoms with Gasteiger partial charge < -0.3 is 10.4 Å². The maximum absolute atomic E-state index is 12.3. The largest absolute Gasteiger partial charge is 0.387 e. The Morgan fingerprint density at radius 3 is 2.65 bits per heavy atom. The first-order valence-electron chi connectivity index (χ1n) is 8.16. The molecule has 6 heteroatoms. The van der Waals surface area contributed by atoms with Crippen LogP contribution in [-0.4, -0.2) is 22.5 Å². The number of aryl methyl sites for hydroxylation is 1. The quantitative estimate of drug-likeness (QED) is 0.544. The van der Waals surface area contributed by atoms with Gasteiger partial charge in [-0.1, -0.05) is 48.5 Å². The second-order valence-electron chi connectivity index (χ2n) is 6.05. The van der Waals surface area contributed by atoms with Gasteiger partial charge in [-0.05, 0) is 29.3 Å². The Hall–Kier alpha value is -3.25. The molecule has 0 aliphatic heterocycles. The standard InChI is InChI=1S/C20H18N2O4/c1-13-9-10-15(11-18(13)22(25)26)20(24)21-12-19(23)17-8-4-6-14-5-2-3-7-16(14)17/h2-11,19,23H,12H2,1H3,(H,21,24). The summed E-state index contributed by atoms with van der Waals surface area (Å²) in [5.41, 5.74) is 1.29. The van der Waals surface area contributed by atoms with Crippen molar-refractivity contribution < 1.29 is 14.8 Å². The molecule has 2 N–H and O–H groups in total. The van der Waals surface area contributed by atoms with Crippen molar-refractivity contribution in [3.05, 3.63) is 87.5 Å². The van der Waals surface area contributed by atoms with Gasteiger partial charge in [0.2, 0.25) is 0 Å². The van der Waals surface area contributed by atoms with E-state index < -0.39 is 16.9 Å². The van der Waals surface area contributed by atoms with E-state index in [0.717, 1.165) is 16.3 Å². The van der Waals surface area contributed by atoms with Crippen LogP contribution >= 0.6 is 0 Å². The Morgan fingerprint density at radius 1 is 1.15 bits per heavy atom. The van der Waals surface area contributed by atoms with Gasteiger partial charge in [-0.2, -0.15) is 0 Å². The molecule has 0 aliphatic rings. The van der Waals surface area contributed by atoms with Crippen molar-refractivity contribution in [2.45, 2.75) is 13.0 Å². The lowest BCUT2D eigenvalue weighted by Crippen LogP contribution is -2.28. The van der Waals surface area contributed by atoms with E-state index in [4.69, 9.17) is 0 Å². The number of nitro benzene ring substituents is 1. The number of amides is 1. The van der Waals surface area contributed by atoms with Crippen LogP contribution in [0.2, 0.25) is 0 Å². The summed E-state index contributed by atoms with van der Waals surface area (Å²) in [7, 11) is 0. The minimum absolute atomic E-state index is 0.00845. The highest BCUT2D eigenvalue weighted by molar-refractivity contribution is 5.95. The average Bonchev–Trinajstić information content (AvgIpc) is 2.65. The summed E-state index contributed by atoms with van der Waals surface area (Å²) < 4.78 is 0. The third-order valence-electron chi connectivity index (χ3n) is 4.31. The third kappa shape index (κ3) is 3.55. The number of rotatable bonds is 5. The second-order valence-corrected chi connectivity index (χ2v) is 6.05. The van der Waals surface area contributed by atoms with Gasteiger partial charge in [-0.15, -0.1) is 0 Å². The first kappa shape index (κ1) is 17.6. The molecular weight excluding hydrogens is 332 g/mol. The zero-order chi connectivity index (χ0) is 18.7. The number of carbonyl (C=O) groups is 1. The van der Waals surface area contributed by atoms with Gasteiger partial charge in [-0.3, -0.25) is 14.9 Å². The average molecular weight is 350 g/mol. The summed E-state index contributed by atoms with van der Waals surface area (Å²) in [5.74, 6) is -0.465. The lowest BCUT2D eigenvalue weighted by molar-refractivity contribution is -0.385. The topological polar surface area (TPSA) is 92.5 Å². The number of aliphatic hydroxyl groups excluding tert-OH is 1. The Balaban J connectivity index is 1.75. The van der Waals surface area contributed by atoms with Crippen LogP contribution < -0.4 is 5.32 Å². The van der Waals surface area contributed by atoms with Gasteiger partial charge >= 0.3 is 0 Å². The van der Waals surface area contributed by atoms with Crippen molar-refractivity contribution in [1.82, 2.24) is 5.32 Å². The predicted octanol–water partition coefficient (Wildman–Crippen LogP) is 3.52. The van der Waals surface area contributed by atoms with Gasteiger partial charge in [-0.25, -0.2) is 0 Å². The SMILES string of the molecule is Cc1ccc(C(=O)NCC(O)c2cccc3ccccc23)cc1[N+](=O)[O-]. The van der Waals surface area contributed by atoms with Gasteiger partial charge in [0.25, 0.3) is 11.6 Å². The Labute approximate surface area is 150 Å². The van der Waals surface area contributed by atoms with Crippen molar-refractivity contribution in [1.29, 1.82) is 0 Å². The minimum atomic E-state index is -0.884. The minimum Gasteiger partial charge on any atom is -0.387 e. The maximum atomic E-state index is 12.3. The normalized spacial score (nSPS) is 11.9. The molecule has 0 saturated heterocycles. The third-order valence-corrected chi connectivity index (χ3v) is 4.31. The van der Waals surface area contributed by atoms with Crippen molar-refractivity contribution in [3.8, 4) is 0 Å². The highest BCUT2D eigenvalue weighted by atomic mass is 16.6. The molecule has 0 bridgehead atoms. The van der Waals surface area contributed by atoms with E-state index in [0.29, 0.717) is 5.56 Å². The number of fused-ring (bicyclic) bond motifs is 1. The molecule has 26 heavy (non-hydrogen) atoms. The smallest absolute Gasteiger partial charge is 0.273 e. The maximum Gasteiger partial charge on any atom is 0.273 e. The molecule has 6 nitrogen and oxygen atoms in total. The van der Waals surface area contributed by atoms with Crippen LogP contribution in [0.25, 0.3) is 10.8 Å². The summed E-state index contributed by atoms with van der Waals surface area (Å²) in [6.45, 7) is 1.62. The first-order chi connectivity index (χ1) is 12.5.